The van der Waals surface area contributed by atoms with Crippen molar-refractivity contribution in [2.24, 2.45) is 0 Å². The lowest BCUT2D eigenvalue weighted by molar-refractivity contribution is 0.0650. The lowest BCUT2D eigenvalue weighted by Crippen LogP contribution is -2.40. The molecule has 8 nitrogen and oxygen atoms in total. The van der Waals surface area contributed by atoms with Gasteiger partial charge in [-0.1, -0.05) is 30.3 Å². The number of carbonyl (C=O) groups is 1. The number of hydrogen-bond acceptors (Lipinski definition) is 7. The third-order valence-electron chi connectivity index (χ3n) is 5.36. The Morgan fingerprint density at radius 1 is 1.10 bits per heavy atom. The van der Waals surface area contributed by atoms with E-state index < -0.39 is 6.04 Å². The number of aromatic amines is 1. The smallest absolute Gasteiger partial charge is 0.312 e. The van der Waals surface area contributed by atoms with E-state index in [1.54, 1.807) is 22.6 Å². The third kappa shape index (κ3) is 3.01. The molecule has 0 bridgehead atoms. The molecule has 1 aliphatic rings. The summed E-state index contributed by atoms with van der Waals surface area (Å²) in [6.07, 6.45) is 2.33. The number of H-pyrrole nitrogens is 1. The van der Waals surface area contributed by atoms with Gasteiger partial charge in [-0.25, -0.2) is 9.97 Å². The minimum absolute atomic E-state index is 0.0380. The van der Waals surface area contributed by atoms with Gasteiger partial charge in [0.25, 0.3) is 0 Å². The molecule has 0 radical (unpaired) electrons. The Morgan fingerprint density at radius 2 is 1.94 bits per heavy atom. The number of para-hydroxylation sites is 1. The molecular weight excluding hydrogens is 412 g/mol. The summed E-state index contributed by atoms with van der Waals surface area (Å²) >= 11 is 1.56. The van der Waals surface area contributed by atoms with Crippen LogP contribution >= 0.6 is 11.3 Å². The highest BCUT2D eigenvalue weighted by atomic mass is 32.1. The van der Waals surface area contributed by atoms with E-state index in [1.165, 1.54) is 0 Å². The van der Waals surface area contributed by atoms with Crippen LogP contribution in [-0.4, -0.2) is 42.5 Å². The van der Waals surface area contributed by atoms with Crippen LogP contribution in [0.4, 0.5) is 0 Å². The molecule has 152 valence electrons. The molecule has 0 unspecified atom stereocenters. The number of imidazole rings is 1. The second kappa shape index (κ2) is 7.13. The highest BCUT2D eigenvalue weighted by molar-refractivity contribution is 7.18. The maximum absolute atomic E-state index is 13.4. The van der Waals surface area contributed by atoms with Crippen molar-refractivity contribution in [2.75, 3.05) is 6.54 Å². The molecule has 1 N–H and O–H groups in total. The average molecular weight is 428 g/mol. The normalized spacial score (nSPS) is 15.9. The standard InChI is InChI=1S/C22H16N6O2S/c29-22(20-27-26-19(30-20)13-6-2-1-3-7-13)28-11-10-15-17(24-12-23-15)18(28)21-25-14-8-4-5-9-16(14)31-21/h1-9,12,18H,10-11H2,(H,23,24)/t18-/m0/s1. The van der Waals surface area contributed by atoms with Gasteiger partial charge >= 0.3 is 11.8 Å². The Bertz CT molecular complexity index is 1360. The van der Waals surface area contributed by atoms with Crippen molar-refractivity contribution in [3.05, 3.63) is 83.2 Å². The Morgan fingerprint density at radius 3 is 2.81 bits per heavy atom. The van der Waals surface area contributed by atoms with Gasteiger partial charge in [0.2, 0.25) is 5.89 Å². The first-order valence-corrected chi connectivity index (χ1v) is 10.7. The summed E-state index contributed by atoms with van der Waals surface area (Å²) in [4.78, 5) is 27.7. The molecule has 31 heavy (non-hydrogen) atoms. The van der Waals surface area contributed by atoms with Crippen molar-refractivity contribution in [1.29, 1.82) is 0 Å². The van der Waals surface area contributed by atoms with Gasteiger partial charge in [0, 0.05) is 24.2 Å². The highest BCUT2D eigenvalue weighted by Gasteiger charge is 2.38. The Balaban J connectivity index is 1.40. The third-order valence-corrected chi connectivity index (χ3v) is 6.45. The SMILES string of the molecule is O=C(c1nnc(-c2ccccc2)o1)N1CCc2[nH]cnc2[C@H]1c1nc2ccccc2s1. The summed E-state index contributed by atoms with van der Waals surface area (Å²) in [6.45, 7) is 0.498. The van der Waals surface area contributed by atoms with Crippen molar-refractivity contribution < 1.29 is 9.21 Å². The molecule has 1 atom stereocenters. The van der Waals surface area contributed by atoms with Crippen LogP contribution in [0.1, 0.15) is 33.1 Å². The molecule has 6 rings (SSSR count). The van der Waals surface area contributed by atoms with Gasteiger partial charge in [0.15, 0.2) is 0 Å². The van der Waals surface area contributed by atoms with Gasteiger partial charge in [-0.05, 0) is 24.3 Å². The number of hydrogen-bond donors (Lipinski definition) is 1. The van der Waals surface area contributed by atoms with Gasteiger partial charge < -0.3 is 14.3 Å². The average Bonchev–Trinajstić information content (AvgIpc) is 3.57. The van der Waals surface area contributed by atoms with Gasteiger partial charge in [0.1, 0.15) is 11.0 Å². The first-order valence-electron chi connectivity index (χ1n) is 9.85. The van der Waals surface area contributed by atoms with E-state index in [2.05, 4.69) is 20.2 Å². The van der Waals surface area contributed by atoms with Gasteiger partial charge in [0.05, 0.1) is 22.2 Å². The molecule has 2 aromatic carbocycles. The van der Waals surface area contributed by atoms with Crippen molar-refractivity contribution in [3.63, 3.8) is 0 Å². The van der Waals surface area contributed by atoms with E-state index in [0.717, 1.165) is 32.2 Å². The maximum atomic E-state index is 13.4. The Labute approximate surface area is 180 Å². The van der Waals surface area contributed by atoms with Gasteiger partial charge in [-0.3, -0.25) is 4.79 Å². The van der Waals surface area contributed by atoms with E-state index in [0.29, 0.717) is 18.9 Å². The second-order valence-electron chi connectivity index (χ2n) is 7.22. The number of fused-ring (bicyclic) bond motifs is 2. The Kier molecular flexibility index (Phi) is 4.13. The molecule has 1 amide bonds. The minimum Gasteiger partial charge on any atom is -0.412 e. The highest BCUT2D eigenvalue weighted by Crippen LogP contribution is 2.38. The largest absolute Gasteiger partial charge is 0.412 e. The molecule has 0 spiro atoms. The van der Waals surface area contributed by atoms with Crippen molar-refractivity contribution in [1.82, 2.24) is 30.0 Å². The predicted molar refractivity (Wildman–Crippen MR) is 115 cm³/mol. The summed E-state index contributed by atoms with van der Waals surface area (Å²) in [7, 11) is 0. The number of carbonyl (C=O) groups excluding carboxylic acids is 1. The zero-order chi connectivity index (χ0) is 20.8. The molecular formula is C22H16N6O2S. The fourth-order valence-corrected chi connectivity index (χ4v) is 4.97. The zero-order valence-electron chi connectivity index (χ0n) is 16.2. The van der Waals surface area contributed by atoms with E-state index in [1.807, 2.05) is 54.6 Å². The first-order chi connectivity index (χ1) is 15.3. The van der Waals surface area contributed by atoms with E-state index in [9.17, 15) is 4.79 Å². The molecule has 4 heterocycles. The fraction of sp³-hybridized carbons (Fsp3) is 0.136. The van der Waals surface area contributed by atoms with Crippen LogP contribution < -0.4 is 0 Å². The second-order valence-corrected chi connectivity index (χ2v) is 8.28. The first kappa shape index (κ1) is 18.0. The molecule has 0 fully saturated rings. The van der Waals surface area contributed by atoms with Crippen LogP contribution in [-0.2, 0) is 6.42 Å². The van der Waals surface area contributed by atoms with E-state index in [4.69, 9.17) is 9.40 Å². The molecule has 0 saturated heterocycles. The number of nitrogens with zero attached hydrogens (tertiary/aromatic N) is 5. The predicted octanol–water partition coefficient (Wildman–Crippen LogP) is 3.86. The number of thiazole rings is 1. The fourth-order valence-electron chi connectivity index (χ4n) is 3.88. The van der Waals surface area contributed by atoms with E-state index >= 15 is 0 Å². The Hall–Kier alpha value is -3.85. The maximum Gasteiger partial charge on any atom is 0.312 e. The monoisotopic (exact) mass is 428 g/mol. The summed E-state index contributed by atoms with van der Waals surface area (Å²) in [5.74, 6) is -0.0468. The number of aromatic nitrogens is 5. The van der Waals surface area contributed by atoms with E-state index in [-0.39, 0.29) is 11.8 Å². The molecule has 5 aromatic rings. The van der Waals surface area contributed by atoms with Crippen molar-refractivity contribution in [3.8, 4) is 11.5 Å². The van der Waals surface area contributed by atoms with Crippen LogP contribution in [0.15, 0.2) is 65.3 Å². The quantitative estimate of drug-likeness (QED) is 0.468. The number of nitrogens with one attached hydrogen (secondary N) is 1. The zero-order valence-corrected chi connectivity index (χ0v) is 17.0. The van der Waals surface area contributed by atoms with Crippen LogP contribution in [0.5, 0.6) is 0 Å². The number of amides is 1. The van der Waals surface area contributed by atoms with Gasteiger partial charge in [-0.15, -0.1) is 21.5 Å². The lowest BCUT2D eigenvalue weighted by atomic mass is 10.0. The number of rotatable bonds is 3. The minimum atomic E-state index is -0.410. The van der Waals surface area contributed by atoms with Crippen LogP contribution in [0.25, 0.3) is 21.7 Å². The number of benzene rings is 2. The lowest BCUT2D eigenvalue weighted by Gasteiger charge is -2.32. The molecule has 1 aliphatic heterocycles. The molecule has 0 saturated carbocycles. The summed E-state index contributed by atoms with van der Waals surface area (Å²) in [5, 5.41) is 8.91. The van der Waals surface area contributed by atoms with Crippen molar-refractivity contribution in [2.45, 2.75) is 12.5 Å². The van der Waals surface area contributed by atoms with Crippen molar-refractivity contribution >= 4 is 27.5 Å². The summed E-state index contributed by atoms with van der Waals surface area (Å²) in [5.41, 5.74) is 3.50. The summed E-state index contributed by atoms with van der Waals surface area (Å²) < 4.78 is 6.81. The van der Waals surface area contributed by atoms with Crippen LogP contribution in [0.3, 0.4) is 0 Å². The molecule has 9 heteroatoms. The molecule has 3 aromatic heterocycles. The van der Waals surface area contributed by atoms with Gasteiger partial charge in [-0.2, -0.15) is 0 Å². The summed E-state index contributed by atoms with van der Waals surface area (Å²) in [6, 6.07) is 16.9. The van der Waals surface area contributed by atoms with Crippen LogP contribution in [0.2, 0.25) is 0 Å². The van der Waals surface area contributed by atoms with Crippen LogP contribution in [0, 0.1) is 0 Å². The molecule has 0 aliphatic carbocycles. The topological polar surface area (TPSA) is 101 Å².